The van der Waals surface area contributed by atoms with Gasteiger partial charge in [-0.3, -0.25) is 4.79 Å². The molecular formula is C16H15N3O2. The molecule has 2 aliphatic rings. The molecule has 3 heterocycles. The maximum atomic E-state index is 12.0. The van der Waals surface area contributed by atoms with Gasteiger partial charge in [0.25, 0.3) is 5.91 Å². The van der Waals surface area contributed by atoms with Crippen LogP contribution in [-0.2, 0) is 9.53 Å². The molecule has 1 saturated heterocycles. The molecule has 2 aromatic rings. The van der Waals surface area contributed by atoms with Crippen LogP contribution in [0.3, 0.4) is 0 Å². The van der Waals surface area contributed by atoms with E-state index in [1.807, 2.05) is 36.4 Å². The minimum atomic E-state index is -0.143. The number of carbonyl (C=O) groups is 1. The predicted octanol–water partition coefficient (Wildman–Crippen LogP) is 2.07. The minimum absolute atomic E-state index is 0.143. The molecule has 1 aromatic heterocycles. The Morgan fingerprint density at radius 3 is 3.05 bits per heavy atom. The summed E-state index contributed by atoms with van der Waals surface area (Å²) in [6, 6.07) is 10.1. The first-order chi connectivity index (χ1) is 10.3. The molecule has 1 amide bonds. The Bertz CT molecular complexity index is 734. The third kappa shape index (κ3) is 2.15. The fraction of sp³-hybridized carbons (Fsp3) is 0.250. The molecule has 2 aliphatic heterocycles. The molecule has 21 heavy (non-hydrogen) atoms. The highest BCUT2D eigenvalue weighted by Gasteiger charge is 2.31. The fourth-order valence-electron chi connectivity index (χ4n) is 2.88. The van der Waals surface area contributed by atoms with Gasteiger partial charge in [-0.15, -0.1) is 0 Å². The lowest BCUT2D eigenvalue weighted by Crippen LogP contribution is -2.18. The van der Waals surface area contributed by atoms with Crippen molar-refractivity contribution in [2.75, 3.05) is 13.2 Å². The quantitative estimate of drug-likeness (QED) is 0.828. The smallest absolute Gasteiger partial charge is 0.273 e. The van der Waals surface area contributed by atoms with Gasteiger partial charge in [0, 0.05) is 23.7 Å². The molecule has 1 aromatic carbocycles. The first-order valence-electron chi connectivity index (χ1n) is 7.07. The van der Waals surface area contributed by atoms with Crippen molar-refractivity contribution in [2.45, 2.75) is 6.42 Å². The number of benzene rings is 1. The third-order valence-electron chi connectivity index (χ3n) is 3.97. The SMILES string of the molecule is O=C1NN=C(C2CCOC2)/C1=C\c1cc2ccccc2[nH]1. The van der Waals surface area contributed by atoms with Gasteiger partial charge in [-0.25, -0.2) is 5.43 Å². The van der Waals surface area contributed by atoms with Crippen LogP contribution in [0.4, 0.5) is 0 Å². The Morgan fingerprint density at radius 2 is 2.24 bits per heavy atom. The van der Waals surface area contributed by atoms with Crippen LogP contribution in [0.5, 0.6) is 0 Å². The van der Waals surface area contributed by atoms with E-state index in [2.05, 4.69) is 15.5 Å². The standard InChI is InChI=1S/C16H15N3O2/c20-16-13(15(18-19-16)11-5-6-21-9-11)8-12-7-10-3-1-2-4-14(10)17-12/h1-4,7-8,11,17H,5-6,9H2,(H,19,20)/b13-8+. The number of aromatic amines is 1. The van der Waals surface area contributed by atoms with E-state index in [9.17, 15) is 4.79 Å². The number of aromatic nitrogens is 1. The van der Waals surface area contributed by atoms with Crippen molar-refractivity contribution >= 4 is 28.6 Å². The van der Waals surface area contributed by atoms with Gasteiger partial charge in [-0.05, 0) is 30.0 Å². The molecule has 0 bridgehead atoms. The molecule has 0 spiro atoms. The van der Waals surface area contributed by atoms with E-state index >= 15 is 0 Å². The predicted molar refractivity (Wildman–Crippen MR) is 80.8 cm³/mol. The fourth-order valence-corrected chi connectivity index (χ4v) is 2.88. The molecule has 0 saturated carbocycles. The summed E-state index contributed by atoms with van der Waals surface area (Å²) in [6.45, 7) is 1.37. The van der Waals surface area contributed by atoms with E-state index in [0.29, 0.717) is 12.2 Å². The van der Waals surface area contributed by atoms with Gasteiger partial charge < -0.3 is 9.72 Å². The van der Waals surface area contributed by atoms with E-state index in [0.717, 1.165) is 35.3 Å². The minimum Gasteiger partial charge on any atom is -0.381 e. The van der Waals surface area contributed by atoms with Crippen LogP contribution >= 0.6 is 0 Å². The van der Waals surface area contributed by atoms with Crippen molar-refractivity contribution in [1.82, 2.24) is 10.4 Å². The molecular weight excluding hydrogens is 266 g/mol. The molecule has 5 heteroatoms. The number of nitrogens with zero attached hydrogens (tertiary/aromatic N) is 1. The lowest BCUT2D eigenvalue weighted by Gasteiger charge is -2.06. The molecule has 4 rings (SSSR count). The second-order valence-electron chi connectivity index (χ2n) is 5.37. The normalized spacial score (nSPS) is 23.8. The van der Waals surface area contributed by atoms with E-state index in [-0.39, 0.29) is 11.8 Å². The van der Waals surface area contributed by atoms with Gasteiger partial charge in [-0.2, -0.15) is 5.10 Å². The van der Waals surface area contributed by atoms with E-state index in [4.69, 9.17) is 4.74 Å². The lowest BCUT2D eigenvalue weighted by atomic mass is 9.95. The summed E-state index contributed by atoms with van der Waals surface area (Å²) in [5.74, 6) is 0.0649. The second-order valence-corrected chi connectivity index (χ2v) is 5.37. The molecule has 2 N–H and O–H groups in total. The highest BCUT2D eigenvalue weighted by molar-refractivity contribution is 6.28. The summed E-state index contributed by atoms with van der Waals surface area (Å²) in [4.78, 5) is 15.3. The van der Waals surface area contributed by atoms with Gasteiger partial charge in [0.1, 0.15) is 0 Å². The first-order valence-corrected chi connectivity index (χ1v) is 7.07. The van der Waals surface area contributed by atoms with Gasteiger partial charge in [0.2, 0.25) is 0 Å². The maximum absolute atomic E-state index is 12.0. The number of ether oxygens (including phenoxy) is 1. The third-order valence-corrected chi connectivity index (χ3v) is 3.97. The monoisotopic (exact) mass is 281 g/mol. The highest BCUT2D eigenvalue weighted by Crippen LogP contribution is 2.24. The summed E-state index contributed by atoms with van der Waals surface area (Å²) < 4.78 is 5.40. The zero-order chi connectivity index (χ0) is 14.2. The second kappa shape index (κ2) is 4.86. The van der Waals surface area contributed by atoms with Crippen LogP contribution in [0.2, 0.25) is 0 Å². The number of hydrogen-bond acceptors (Lipinski definition) is 3. The van der Waals surface area contributed by atoms with Crippen molar-refractivity contribution in [3.63, 3.8) is 0 Å². The lowest BCUT2D eigenvalue weighted by molar-refractivity contribution is -0.116. The average Bonchev–Trinajstić information content (AvgIpc) is 3.19. The van der Waals surface area contributed by atoms with Crippen LogP contribution in [0.25, 0.3) is 17.0 Å². The molecule has 106 valence electrons. The zero-order valence-corrected chi connectivity index (χ0v) is 11.4. The summed E-state index contributed by atoms with van der Waals surface area (Å²) in [5, 5.41) is 5.32. The molecule has 1 fully saturated rings. The zero-order valence-electron chi connectivity index (χ0n) is 11.4. The molecule has 0 radical (unpaired) electrons. The Hall–Kier alpha value is -2.40. The van der Waals surface area contributed by atoms with Gasteiger partial charge in [0.15, 0.2) is 0 Å². The summed E-state index contributed by atoms with van der Waals surface area (Å²) in [6.07, 6.45) is 2.79. The highest BCUT2D eigenvalue weighted by atomic mass is 16.5. The average molecular weight is 281 g/mol. The van der Waals surface area contributed by atoms with Gasteiger partial charge in [0.05, 0.1) is 17.9 Å². The van der Waals surface area contributed by atoms with Crippen molar-refractivity contribution in [2.24, 2.45) is 11.0 Å². The number of rotatable bonds is 2. The van der Waals surface area contributed by atoms with Crippen LogP contribution in [0.1, 0.15) is 12.1 Å². The van der Waals surface area contributed by atoms with Gasteiger partial charge >= 0.3 is 0 Å². The van der Waals surface area contributed by atoms with Crippen molar-refractivity contribution in [3.8, 4) is 0 Å². The van der Waals surface area contributed by atoms with Crippen molar-refractivity contribution in [1.29, 1.82) is 0 Å². The Morgan fingerprint density at radius 1 is 1.33 bits per heavy atom. The number of H-pyrrole nitrogens is 1. The van der Waals surface area contributed by atoms with E-state index < -0.39 is 0 Å². The topological polar surface area (TPSA) is 66.5 Å². The number of nitrogens with one attached hydrogen (secondary N) is 2. The van der Waals surface area contributed by atoms with Crippen molar-refractivity contribution < 1.29 is 9.53 Å². The van der Waals surface area contributed by atoms with Gasteiger partial charge in [-0.1, -0.05) is 18.2 Å². The molecule has 5 nitrogen and oxygen atoms in total. The number of hydrogen-bond donors (Lipinski definition) is 2. The molecule has 1 atom stereocenters. The summed E-state index contributed by atoms with van der Waals surface area (Å²) >= 11 is 0. The van der Waals surface area contributed by atoms with Crippen molar-refractivity contribution in [3.05, 3.63) is 41.6 Å². The van der Waals surface area contributed by atoms with Crippen LogP contribution in [-0.4, -0.2) is 29.8 Å². The Labute approximate surface area is 121 Å². The number of hydrazone groups is 1. The number of carbonyl (C=O) groups excluding carboxylic acids is 1. The Balaban J connectivity index is 1.72. The number of para-hydroxylation sites is 1. The summed E-state index contributed by atoms with van der Waals surface area (Å²) in [7, 11) is 0. The number of fused-ring (bicyclic) bond motifs is 1. The number of amides is 1. The largest absolute Gasteiger partial charge is 0.381 e. The van der Waals surface area contributed by atoms with Crippen LogP contribution in [0, 0.1) is 5.92 Å². The Kier molecular flexibility index (Phi) is 2.86. The van der Waals surface area contributed by atoms with E-state index in [1.165, 1.54) is 0 Å². The molecule has 1 unspecified atom stereocenters. The maximum Gasteiger partial charge on any atom is 0.273 e. The molecule has 0 aliphatic carbocycles. The van der Waals surface area contributed by atoms with Crippen LogP contribution < -0.4 is 5.43 Å². The van der Waals surface area contributed by atoms with Crippen LogP contribution in [0.15, 0.2) is 41.0 Å². The summed E-state index contributed by atoms with van der Waals surface area (Å²) in [5.41, 5.74) is 5.99. The first kappa shape index (κ1) is 12.3. The van der Waals surface area contributed by atoms with E-state index in [1.54, 1.807) is 0 Å².